The van der Waals surface area contributed by atoms with E-state index in [0.717, 1.165) is 10.0 Å². The van der Waals surface area contributed by atoms with Crippen LogP contribution in [0.3, 0.4) is 0 Å². The van der Waals surface area contributed by atoms with Crippen LogP contribution in [0.15, 0.2) is 28.7 Å². The van der Waals surface area contributed by atoms with E-state index < -0.39 is 23.2 Å². The van der Waals surface area contributed by atoms with E-state index >= 15 is 0 Å². The highest BCUT2D eigenvalue weighted by Crippen LogP contribution is 2.38. The largest absolute Gasteiger partial charge is 0.444 e. The van der Waals surface area contributed by atoms with Crippen molar-refractivity contribution in [3.63, 3.8) is 0 Å². The number of rotatable bonds is 2. The van der Waals surface area contributed by atoms with Crippen molar-refractivity contribution in [2.75, 3.05) is 19.7 Å². The van der Waals surface area contributed by atoms with Gasteiger partial charge in [-0.05, 0) is 44.9 Å². The standard InChI is InChI=1S/C17H24BrNO4/c1-16(2,3)23-15(21)19-9-8-17(22,13(10-19)11-20)12-4-6-14(18)7-5-12/h4-7,13,20,22H,8-11H2,1-3H3. The third-order valence-corrected chi connectivity index (χ3v) is 4.62. The van der Waals surface area contributed by atoms with Crippen LogP contribution < -0.4 is 0 Å². The molecule has 1 aromatic carbocycles. The molecule has 1 aliphatic heterocycles. The van der Waals surface area contributed by atoms with Crippen LogP contribution in [0.4, 0.5) is 4.79 Å². The second-order valence-electron chi connectivity index (χ2n) is 6.99. The van der Waals surface area contributed by atoms with Gasteiger partial charge in [-0.15, -0.1) is 0 Å². The van der Waals surface area contributed by atoms with E-state index in [4.69, 9.17) is 4.74 Å². The summed E-state index contributed by atoms with van der Waals surface area (Å²) in [5, 5.41) is 20.8. The lowest BCUT2D eigenvalue weighted by Gasteiger charge is -2.44. The number of carbonyl (C=O) groups excluding carboxylic acids is 1. The Morgan fingerprint density at radius 2 is 2.00 bits per heavy atom. The lowest BCUT2D eigenvalue weighted by atomic mass is 9.76. The number of aliphatic hydroxyl groups is 2. The predicted octanol–water partition coefficient (Wildman–Crippen LogP) is 2.89. The maximum Gasteiger partial charge on any atom is 0.410 e. The van der Waals surface area contributed by atoms with Crippen molar-refractivity contribution in [2.24, 2.45) is 5.92 Å². The number of piperidine rings is 1. The molecule has 23 heavy (non-hydrogen) atoms. The topological polar surface area (TPSA) is 70.0 Å². The molecule has 0 aliphatic carbocycles. The molecule has 0 saturated carbocycles. The molecule has 2 atom stereocenters. The molecular formula is C17H24BrNO4. The minimum atomic E-state index is -1.14. The number of benzene rings is 1. The van der Waals surface area contributed by atoms with Gasteiger partial charge in [0.1, 0.15) is 5.60 Å². The Kier molecular flexibility index (Phi) is 5.38. The Bertz CT molecular complexity index is 555. The fourth-order valence-electron chi connectivity index (χ4n) is 2.84. The first-order valence-electron chi connectivity index (χ1n) is 7.73. The van der Waals surface area contributed by atoms with Crippen molar-refractivity contribution in [3.8, 4) is 0 Å². The van der Waals surface area contributed by atoms with E-state index in [1.54, 1.807) is 4.90 Å². The van der Waals surface area contributed by atoms with Crippen LogP contribution in [0.1, 0.15) is 32.8 Å². The number of amides is 1. The predicted molar refractivity (Wildman–Crippen MR) is 91.0 cm³/mol. The van der Waals surface area contributed by atoms with E-state index in [0.29, 0.717) is 13.0 Å². The molecule has 0 spiro atoms. The molecule has 0 radical (unpaired) electrons. The summed E-state index contributed by atoms with van der Waals surface area (Å²) in [4.78, 5) is 13.8. The highest BCUT2D eigenvalue weighted by Gasteiger charge is 2.44. The number of ether oxygens (including phenoxy) is 1. The van der Waals surface area contributed by atoms with Gasteiger partial charge >= 0.3 is 6.09 Å². The molecule has 1 fully saturated rings. The molecule has 1 heterocycles. The normalized spacial score (nSPS) is 25.3. The number of halogens is 1. The van der Waals surface area contributed by atoms with Crippen LogP contribution in [-0.4, -0.2) is 46.5 Å². The molecule has 128 valence electrons. The first-order valence-corrected chi connectivity index (χ1v) is 8.52. The van der Waals surface area contributed by atoms with Gasteiger partial charge in [-0.1, -0.05) is 28.1 Å². The van der Waals surface area contributed by atoms with E-state index in [9.17, 15) is 15.0 Å². The van der Waals surface area contributed by atoms with E-state index in [1.165, 1.54) is 0 Å². The van der Waals surface area contributed by atoms with E-state index in [2.05, 4.69) is 15.9 Å². The lowest BCUT2D eigenvalue weighted by molar-refractivity contribution is -0.0944. The summed E-state index contributed by atoms with van der Waals surface area (Å²) in [5.41, 5.74) is -0.956. The molecule has 2 N–H and O–H groups in total. The summed E-state index contributed by atoms with van der Waals surface area (Å²) in [6, 6.07) is 7.41. The minimum Gasteiger partial charge on any atom is -0.444 e. The van der Waals surface area contributed by atoms with Gasteiger partial charge in [0.25, 0.3) is 0 Å². The van der Waals surface area contributed by atoms with Gasteiger partial charge in [0.2, 0.25) is 0 Å². The molecule has 0 aromatic heterocycles. The van der Waals surface area contributed by atoms with Crippen LogP contribution in [-0.2, 0) is 10.3 Å². The Morgan fingerprint density at radius 1 is 1.39 bits per heavy atom. The number of hydrogen-bond donors (Lipinski definition) is 2. The molecule has 0 bridgehead atoms. The van der Waals surface area contributed by atoms with Crippen molar-refractivity contribution in [3.05, 3.63) is 34.3 Å². The number of likely N-dealkylation sites (tertiary alicyclic amines) is 1. The maximum absolute atomic E-state index is 12.2. The van der Waals surface area contributed by atoms with Gasteiger partial charge in [0.15, 0.2) is 0 Å². The van der Waals surface area contributed by atoms with Crippen molar-refractivity contribution in [1.82, 2.24) is 4.90 Å². The van der Waals surface area contributed by atoms with E-state index in [-0.39, 0.29) is 13.2 Å². The lowest BCUT2D eigenvalue weighted by Crippen LogP contribution is -2.53. The van der Waals surface area contributed by atoms with E-state index in [1.807, 2.05) is 45.0 Å². The molecule has 1 saturated heterocycles. The summed E-state index contributed by atoms with van der Waals surface area (Å²) < 4.78 is 6.30. The quantitative estimate of drug-likeness (QED) is 0.820. The van der Waals surface area contributed by atoms with Gasteiger partial charge in [0, 0.05) is 23.5 Å². The number of nitrogens with zero attached hydrogens (tertiary/aromatic N) is 1. The van der Waals surface area contributed by atoms with Gasteiger partial charge < -0.3 is 19.8 Å². The molecule has 2 unspecified atom stereocenters. The monoisotopic (exact) mass is 385 g/mol. The van der Waals surface area contributed by atoms with Crippen molar-refractivity contribution < 1.29 is 19.7 Å². The number of hydrogen-bond acceptors (Lipinski definition) is 4. The average Bonchev–Trinajstić information content (AvgIpc) is 2.46. The molecule has 6 heteroatoms. The molecule has 2 rings (SSSR count). The summed E-state index contributed by atoms with van der Waals surface area (Å²) in [7, 11) is 0. The van der Waals surface area contributed by atoms with Crippen LogP contribution in [0.25, 0.3) is 0 Å². The SMILES string of the molecule is CC(C)(C)OC(=O)N1CCC(O)(c2ccc(Br)cc2)C(CO)C1. The van der Waals surface area contributed by atoms with Crippen molar-refractivity contribution in [2.45, 2.75) is 38.4 Å². The van der Waals surface area contributed by atoms with Crippen molar-refractivity contribution in [1.29, 1.82) is 0 Å². The second kappa shape index (κ2) is 6.79. The Labute approximate surface area is 145 Å². The summed E-state index contributed by atoms with van der Waals surface area (Å²) in [5.74, 6) is -0.454. The number of aliphatic hydroxyl groups excluding tert-OH is 1. The smallest absolute Gasteiger partial charge is 0.410 e. The van der Waals surface area contributed by atoms with Crippen molar-refractivity contribution >= 4 is 22.0 Å². The van der Waals surface area contributed by atoms with Gasteiger partial charge in [0.05, 0.1) is 12.2 Å². The van der Waals surface area contributed by atoms with Gasteiger partial charge in [-0.25, -0.2) is 4.79 Å². The fourth-order valence-corrected chi connectivity index (χ4v) is 3.10. The van der Waals surface area contributed by atoms with Crippen LogP contribution in [0, 0.1) is 5.92 Å². The molecule has 5 nitrogen and oxygen atoms in total. The first kappa shape index (κ1) is 18.2. The summed E-state index contributed by atoms with van der Waals surface area (Å²) >= 11 is 3.38. The third kappa shape index (κ3) is 4.25. The molecule has 1 aromatic rings. The first-order chi connectivity index (χ1) is 10.7. The third-order valence-electron chi connectivity index (χ3n) is 4.10. The highest BCUT2D eigenvalue weighted by molar-refractivity contribution is 9.10. The Hall–Kier alpha value is -1.11. The number of carbonyl (C=O) groups is 1. The highest BCUT2D eigenvalue weighted by atomic mass is 79.9. The van der Waals surface area contributed by atoms with Crippen LogP contribution in [0.5, 0.6) is 0 Å². The Morgan fingerprint density at radius 3 is 2.52 bits per heavy atom. The zero-order valence-electron chi connectivity index (χ0n) is 13.8. The molecule has 1 amide bonds. The molecule has 1 aliphatic rings. The summed E-state index contributed by atoms with van der Waals surface area (Å²) in [6.07, 6.45) is -0.0483. The summed E-state index contributed by atoms with van der Waals surface area (Å²) in [6.45, 7) is 5.89. The minimum absolute atomic E-state index is 0.203. The van der Waals surface area contributed by atoms with Crippen LogP contribution in [0.2, 0.25) is 0 Å². The zero-order chi connectivity index (χ0) is 17.3. The van der Waals surface area contributed by atoms with Crippen LogP contribution >= 0.6 is 15.9 Å². The molecular weight excluding hydrogens is 362 g/mol. The van der Waals surface area contributed by atoms with Gasteiger partial charge in [-0.2, -0.15) is 0 Å². The second-order valence-corrected chi connectivity index (χ2v) is 7.90. The zero-order valence-corrected chi connectivity index (χ0v) is 15.3. The fraction of sp³-hybridized carbons (Fsp3) is 0.588. The maximum atomic E-state index is 12.2. The Balaban J connectivity index is 2.15. The average molecular weight is 386 g/mol. The van der Waals surface area contributed by atoms with Gasteiger partial charge in [-0.3, -0.25) is 0 Å².